The summed E-state index contributed by atoms with van der Waals surface area (Å²) in [5, 5.41) is 14.9. The maximum absolute atomic E-state index is 12.6. The van der Waals surface area contributed by atoms with Crippen molar-refractivity contribution < 1.29 is 9.53 Å². The molecule has 1 N–H and O–H groups in total. The quantitative estimate of drug-likeness (QED) is 0.344. The van der Waals surface area contributed by atoms with E-state index < -0.39 is 0 Å². The summed E-state index contributed by atoms with van der Waals surface area (Å²) in [6.07, 6.45) is 5.79. The van der Waals surface area contributed by atoms with E-state index in [1.54, 1.807) is 6.08 Å². The van der Waals surface area contributed by atoms with Gasteiger partial charge in [-0.05, 0) is 59.5 Å². The van der Waals surface area contributed by atoms with E-state index in [1.165, 1.54) is 5.39 Å². The van der Waals surface area contributed by atoms with Gasteiger partial charge in [0.2, 0.25) is 0 Å². The summed E-state index contributed by atoms with van der Waals surface area (Å²) in [7, 11) is 0. The van der Waals surface area contributed by atoms with Crippen LogP contribution in [0, 0.1) is 11.3 Å². The molecule has 1 fully saturated rings. The molecule has 0 saturated heterocycles. The zero-order valence-electron chi connectivity index (χ0n) is 17.1. The molecule has 1 aliphatic rings. The number of ether oxygens (including phenoxy) is 1. The molecule has 1 saturated carbocycles. The van der Waals surface area contributed by atoms with Gasteiger partial charge in [0.05, 0.1) is 0 Å². The standard InChI is InChI=1S/C26H23BrN2O2/c27-23-11-12-25(31-17-18-9-10-19-5-1-2-6-20(19)13-18)21(15-23)14-22(16-28)26(30)29-24-7-3-4-8-24/h1-2,5-6,9-15,24H,3-4,7-8,17H2,(H,29,30)/b22-14-. The zero-order chi connectivity index (χ0) is 21.6. The van der Waals surface area contributed by atoms with Crippen LogP contribution >= 0.6 is 15.9 Å². The summed E-state index contributed by atoms with van der Waals surface area (Å²) < 4.78 is 6.93. The molecule has 0 spiro atoms. The maximum Gasteiger partial charge on any atom is 0.262 e. The fourth-order valence-corrected chi connectivity index (χ4v) is 4.27. The minimum Gasteiger partial charge on any atom is -0.488 e. The van der Waals surface area contributed by atoms with Gasteiger partial charge in [0.25, 0.3) is 5.91 Å². The Morgan fingerprint density at radius 3 is 2.65 bits per heavy atom. The molecule has 4 nitrogen and oxygen atoms in total. The van der Waals surface area contributed by atoms with Crippen LogP contribution in [-0.2, 0) is 11.4 Å². The van der Waals surface area contributed by atoms with E-state index in [0.717, 1.165) is 41.1 Å². The Labute approximate surface area is 190 Å². The number of rotatable bonds is 6. The molecular weight excluding hydrogens is 452 g/mol. The van der Waals surface area contributed by atoms with Crippen molar-refractivity contribution in [3.05, 3.63) is 81.8 Å². The third-order valence-corrected chi connectivity index (χ3v) is 6.03. The van der Waals surface area contributed by atoms with Crippen LogP contribution in [0.25, 0.3) is 16.8 Å². The van der Waals surface area contributed by atoms with Gasteiger partial charge in [0.1, 0.15) is 24.0 Å². The molecule has 0 unspecified atom stereocenters. The molecule has 156 valence electrons. The van der Waals surface area contributed by atoms with Crippen LogP contribution in [0.2, 0.25) is 0 Å². The van der Waals surface area contributed by atoms with Crippen molar-refractivity contribution in [2.45, 2.75) is 38.3 Å². The molecule has 0 aliphatic heterocycles. The fraction of sp³-hybridized carbons (Fsp3) is 0.231. The minimum atomic E-state index is -0.324. The van der Waals surface area contributed by atoms with E-state index in [1.807, 2.05) is 42.5 Å². The molecule has 3 aromatic carbocycles. The van der Waals surface area contributed by atoms with Gasteiger partial charge in [-0.1, -0.05) is 65.2 Å². The molecule has 5 heteroatoms. The van der Waals surface area contributed by atoms with Gasteiger partial charge in [-0.15, -0.1) is 0 Å². The Morgan fingerprint density at radius 2 is 1.87 bits per heavy atom. The van der Waals surface area contributed by atoms with Gasteiger partial charge < -0.3 is 10.1 Å². The lowest BCUT2D eigenvalue weighted by molar-refractivity contribution is -0.117. The number of amides is 1. The molecule has 4 rings (SSSR count). The molecule has 1 aliphatic carbocycles. The number of nitrogens with zero attached hydrogens (tertiary/aromatic N) is 1. The van der Waals surface area contributed by atoms with E-state index in [4.69, 9.17) is 4.74 Å². The summed E-state index contributed by atoms with van der Waals surface area (Å²) in [5.74, 6) is 0.299. The molecular formula is C26H23BrN2O2. The fourth-order valence-electron chi connectivity index (χ4n) is 3.89. The van der Waals surface area contributed by atoms with Crippen LogP contribution in [0.15, 0.2) is 70.7 Å². The van der Waals surface area contributed by atoms with Crippen molar-refractivity contribution in [1.82, 2.24) is 5.32 Å². The van der Waals surface area contributed by atoms with Crippen molar-refractivity contribution in [2.75, 3.05) is 0 Å². The predicted molar refractivity (Wildman–Crippen MR) is 126 cm³/mol. The maximum atomic E-state index is 12.6. The highest BCUT2D eigenvalue weighted by atomic mass is 79.9. The Balaban J connectivity index is 1.53. The van der Waals surface area contributed by atoms with Crippen molar-refractivity contribution in [3.8, 4) is 11.8 Å². The van der Waals surface area contributed by atoms with Crippen LogP contribution < -0.4 is 10.1 Å². The van der Waals surface area contributed by atoms with Crippen LogP contribution in [0.4, 0.5) is 0 Å². The highest BCUT2D eigenvalue weighted by Crippen LogP contribution is 2.27. The average molecular weight is 475 g/mol. The first kappa shape index (κ1) is 21.1. The summed E-state index contributed by atoms with van der Waals surface area (Å²) in [4.78, 5) is 12.6. The van der Waals surface area contributed by atoms with Gasteiger partial charge in [-0.25, -0.2) is 0 Å². The second-order valence-electron chi connectivity index (χ2n) is 7.78. The Bertz CT molecular complexity index is 1170. The second-order valence-corrected chi connectivity index (χ2v) is 8.69. The minimum absolute atomic E-state index is 0.0838. The number of nitriles is 1. The van der Waals surface area contributed by atoms with E-state index >= 15 is 0 Å². The number of fused-ring (bicyclic) bond motifs is 1. The highest BCUT2D eigenvalue weighted by molar-refractivity contribution is 9.10. The second kappa shape index (κ2) is 9.80. The highest BCUT2D eigenvalue weighted by Gasteiger charge is 2.19. The summed E-state index contributed by atoms with van der Waals surface area (Å²) in [6.45, 7) is 0.392. The van der Waals surface area contributed by atoms with Gasteiger partial charge >= 0.3 is 0 Å². The third-order valence-electron chi connectivity index (χ3n) is 5.54. The number of hydrogen-bond acceptors (Lipinski definition) is 3. The molecule has 1 amide bonds. The van der Waals surface area contributed by atoms with Crippen LogP contribution in [-0.4, -0.2) is 11.9 Å². The lowest BCUT2D eigenvalue weighted by atomic mass is 10.1. The van der Waals surface area contributed by atoms with Gasteiger partial charge in [0, 0.05) is 16.1 Å². The van der Waals surface area contributed by atoms with E-state index in [-0.39, 0.29) is 17.5 Å². The largest absolute Gasteiger partial charge is 0.488 e. The number of halogens is 1. The van der Waals surface area contributed by atoms with Crippen LogP contribution in [0.1, 0.15) is 36.8 Å². The average Bonchev–Trinajstić information content (AvgIpc) is 3.29. The summed E-state index contributed by atoms with van der Waals surface area (Å²) in [6, 6.07) is 22.2. The molecule has 31 heavy (non-hydrogen) atoms. The van der Waals surface area contributed by atoms with E-state index in [0.29, 0.717) is 17.9 Å². The van der Waals surface area contributed by atoms with Crippen LogP contribution in [0.5, 0.6) is 5.75 Å². The van der Waals surface area contributed by atoms with Crippen molar-refractivity contribution in [2.24, 2.45) is 0 Å². The SMILES string of the molecule is N#C/C(=C/c1cc(Br)ccc1OCc1ccc2ccccc2c1)C(=O)NC1CCCC1. The van der Waals surface area contributed by atoms with E-state index in [9.17, 15) is 10.1 Å². The van der Waals surface area contributed by atoms with Crippen molar-refractivity contribution in [1.29, 1.82) is 5.26 Å². The number of benzene rings is 3. The first-order valence-corrected chi connectivity index (χ1v) is 11.2. The first-order valence-electron chi connectivity index (χ1n) is 10.4. The van der Waals surface area contributed by atoms with Gasteiger partial charge in [-0.2, -0.15) is 5.26 Å². The lowest BCUT2D eigenvalue weighted by Crippen LogP contribution is -2.33. The van der Waals surface area contributed by atoms with E-state index in [2.05, 4.69) is 45.5 Å². The van der Waals surface area contributed by atoms with Crippen molar-refractivity contribution >= 4 is 38.7 Å². The number of carbonyl (C=O) groups excluding carboxylic acids is 1. The Kier molecular flexibility index (Phi) is 6.69. The summed E-state index contributed by atoms with van der Waals surface area (Å²) >= 11 is 3.47. The smallest absolute Gasteiger partial charge is 0.262 e. The molecule has 0 radical (unpaired) electrons. The first-order chi connectivity index (χ1) is 15.1. The number of hydrogen-bond donors (Lipinski definition) is 1. The number of nitrogens with one attached hydrogen (secondary N) is 1. The summed E-state index contributed by atoms with van der Waals surface area (Å²) in [5.41, 5.74) is 1.82. The van der Waals surface area contributed by atoms with Crippen LogP contribution in [0.3, 0.4) is 0 Å². The Hall–Kier alpha value is -3.10. The molecule has 0 heterocycles. The van der Waals surface area contributed by atoms with Crippen molar-refractivity contribution in [3.63, 3.8) is 0 Å². The topological polar surface area (TPSA) is 62.1 Å². The number of carbonyl (C=O) groups is 1. The molecule has 3 aromatic rings. The zero-order valence-corrected chi connectivity index (χ0v) is 18.7. The predicted octanol–water partition coefficient (Wildman–Crippen LogP) is 6.15. The molecule has 0 atom stereocenters. The van der Waals surface area contributed by atoms with Gasteiger partial charge in [0.15, 0.2) is 0 Å². The molecule has 0 bridgehead atoms. The van der Waals surface area contributed by atoms with Gasteiger partial charge in [-0.3, -0.25) is 4.79 Å². The monoisotopic (exact) mass is 474 g/mol. The lowest BCUT2D eigenvalue weighted by Gasteiger charge is -2.13. The Morgan fingerprint density at radius 1 is 1.10 bits per heavy atom. The third kappa shape index (κ3) is 5.34. The molecule has 0 aromatic heterocycles. The normalized spacial score (nSPS) is 14.4.